The number of carbonyl (C=O) groups is 1. The van der Waals surface area contributed by atoms with Crippen LogP contribution in [-0.2, 0) is 4.74 Å². The minimum absolute atomic E-state index is 0.302. The maximum atomic E-state index is 13.1. The SMILES string of the molecule is O=C(OC[C@@H]1CCCN2CCCC[C@@H]12)c1cc2nc(-c3ccccc3)cc(-c3ccccc3)n2n1. The highest BCUT2D eigenvalue weighted by atomic mass is 16.5. The van der Waals surface area contributed by atoms with Crippen molar-refractivity contribution in [3.8, 4) is 22.5 Å². The first-order valence-electron chi connectivity index (χ1n) is 12.7. The molecule has 4 aromatic rings. The molecule has 0 radical (unpaired) electrons. The second-order valence-electron chi connectivity index (χ2n) is 9.66. The predicted molar refractivity (Wildman–Crippen MR) is 136 cm³/mol. The fourth-order valence-corrected chi connectivity index (χ4v) is 5.67. The molecule has 0 spiro atoms. The van der Waals surface area contributed by atoms with Crippen LogP contribution in [0, 0.1) is 5.92 Å². The summed E-state index contributed by atoms with van der Waals surface area (Å²) in [6.07, 6.45) is 6.07. The van der Waals surface area contributed by atoms with Crippen molar-refractivity contribution >= 4 is 11.6 Å². The smallest absolute Gasteiger partial charge is 0.358 e. The van der Waals surface area contributed by atoms with E-state index in [1.54, 1.807) is 10.6 Å². The number of benzene rings is 2. The van der Waals surface area contributed by atoms with Gasteiger partial charge >= 0.3 is 5.97 Å². The molecule has 2 aliphatic rings. The third kappa shape index (κ3) is 4.46. The van der Waals surface area contributed by atoms with Crippen molar-refractivity contribution in [2.24, 2.45) is 5.92 Å². The molecule has 0 bridgehead atoms. The standard InChI is InChI=1S/C29H30N4O2/c34-29(35-20-23-14-9-17-32-16-8-7-15-26(23)32)25-19-28-30-24(21-10-3-1-4-11-21)18-27(33(28)31-25)22-12-5-2-6-13-22/h1-6,10-13,18-19,23,26H,7-9,14-17,20H2/t23-,26-/m0/s1. The van der Waals surface area contributed by atoms with Crippen LogP contribution < -0.4 is 0 Å². The Kier molecular flexibility index (Phi) is 6.05. The first kappa shape index (κ1) is 22.0. The normalized spacial score (nSPS) is 20.5. The summed E-state index contributed by atoms with van der Waals surface area (Å²) in [5.41, 5.74) is 4.70. The number of nitrogens with zero attached hydrogens (tertiary/aromatic N) is 4. The van der Waals surface area contributed by atoms with Gasteiger partial charge in [0.15, 0.2) is 11.3 Å². The van der Waals surface area contributed by atoms with Gasteiger partial charge < -0.3 is 4.74 Å². The monoisotopic (exact) mass is 466 g/mol. The van der Waals surface area contributed by atoms with Gasteiger partial charge in [0.1, 0.15) is 0 Å². The first-order chi connectivity index (χ1) is 17.3. The van der Waals surface area contributed by atoms with Crippen molar-refractivity contribution in [2.45, 2.75) is 38.1 Å². The highest BCUT2D eigenvalue weighted by Crippen LogP contribution is 2.31. The minimum Gasteiger partial charge on any atom is -0.461 e. The van der Waals surface area contributed by atoms with Crippen LogP contribution in [-0.4, -0.2) is 51.2 Å². The Morgan fingerprint density at radius 3 is 2.43 bits per heavy atom. The Morgan fingerprint density at radius 1 is 0.886 bits per heavy atom. The maximum Gasteiger partial charge on any atom is 0.358 e. The fraction of sp³-hybridized carbons (Fsp3) is 0.345. The zero-order valence-electron chi connectivity index (χ0n) is 19.8. The van der Waals surface area contributed by atoms with Gasteiger partial charge in [0.25, 0.3) is 0 Å². The number of rotatable bonds is 5. The molecule has 2 atom stereocenters. The molecule has 0 aliphatic carbocycles. The summed E-state index contributed by atoms with van der Waals surface area (Å²) in [4.78, 5) is 20.5. The zero-order valence-corrected chi connectivity index (χ0v) is 19.8. The van der Waals surface area contributed by atoms with Gasteiger partial charge in [-0.15, -0.1) is 0 Å². The van der Waals surface area contributed by atoms with Crippen molar-refractivity contribution in [2.75, 3.05) is 19.7 Å². The van der Waals surface area contributed by atoms with E-state index >= 15 is 0 Å². The number of hydrogen-bond acceptors (Lipinski definition) is 5. The largest absolute Gasteiger partial charge is 0.461 e. The summed E-state index contributed by atoms with van der Waals surface area (Å²) in [6, 6.07) is 24.5. The Morgan fingerprint density at radius 2 is 1.63 bits per heavy atom. The number of ether oxygens (including phenoxy) is 1. The molecule has 6 heteroatoms. The minimum atomic E-state index is -0.372. The number of hydrogen-bond donors (Lipinski definition) is 0. The molecule has 2 fully saturated rings. The summed E-state index contributed by atoms with van der Waals surface area (Å²) in [7, 11) is 0. The molecular formula is C29H30N4O2. The second kappa shape index (κ2) is 9.62. The Hall–Kier alpha value is -3.51. The number of esters is 1. The second-order valence-corrected chi connectivity index (χ2v) is 9.66. The van der Waals surface area contributed by atoms with Gasteiger partial charge in [-0.25, -0.2) is 14.3 Å². The van der Waals surface area contributed by atoms with Crippen LogP contribution in [0.3, 0.4) is 0 Å². The van der Waals surface area contributed by atoms with Crippen molar-refractivity contribution in [1.29, 1.82) is 0 Å². The lowest BCUT2D eigenvalue weighted by Crippen LogP contribution is -2.49. The van der Waals surface area contributed by atoms with E-state index in [0.29, 0.717) is 29.9 Å². The van der Waals surface area contributed by atoms with Gasteiger partial charge in [0.05, 0.1) is 18.0 Å². The van der Waals surface area contributed by atoms with Gasteiger partial charge in [0.2, 0.25) is 0 Å². The van der Waals surface area contributed by atoms with Crippen LogP contribution in [0.1, 0.15) is 42.6 Å². The number of piperidine rings is 2. The third-order valence-electron chi connectivity index (χ3n) is 7.43. The van der Waals surface area contributed by atoms with Crippen molar-refractivity contribution in [3.05, 3.63) is 78.5 Å². The van der Waals surface area contributed by atoms with Crippen molar-refractivity contribution < 1.29 is 9.53 Å². The molecular weight excluding hydrogens is 436 g/mol. The zero-order chi connectivity index (χ0) is 23.6. The van der Waals surface area contributed by atoms with Crippen LogP contribution in [0.25, 0.3) is 28.2 Å². The molecule has 0 saturated carbocycles. The number of aromatic nitrogens is 3. The molecule has 2 aromatic heterocycles. The fourth-order valence-electron chi connectivity index (χ4n) is 5.67. The molecule has 178 valence electrons. The lowest BCUT2D eigenvalue weighted by molar-refractivity contribution is 0.00700. The van der Waals surface area contributed by atoms with E-state index in [-0.39, 0.29) is 5.97 Å². The average molecular weight is 467 g/mol. The van der Waals surface area contributed by atoms with E-state index < -0.39 is 0 Å². The quantitative estimate of drug-likeness (QED) is 0.364. The molecule has 2 aromatic carbocycles. The van der Waals surface area contributed by atoms with Crippen molar-refractivity contribution in [1.82, 2.24) is 19.5 Å². The molecule has 2 saturated heterocycles. The lowest BCUT2D eigenvalue weighted by atomic mass is 9.84. The average Bonchev–Trinajstić information content (AvgIpc) is 3.37. The Balaban J connectivity index is 1.29. The van der Waals surface area contributed by atoms with Gasteiger partial charge in [-0.3, -0.25) is 4.90 Å². The molecule has 6 rings (SSSR count). The van der Waals surface area contributed by atoms with Crippen LogP contribution >= 0.6 is 0 Å². The molecule has 0 amide bonds. The van der Waals surface area contributed by atoms with E-state index in [1.807, 2.05) is 66.7 Å². The first-order valence-corrected chi connectivity index (χ1v) is 12.7. The number of carbonyl (C=O) groups excluding carboxylic acids is 1. The van der Waals surface area contributed by atoms with E-state index in [0.717, 1.165) is 28.9 Å². The summed E-state index contributed by atoms with van der Waals surface area (Å²) in [5, 5.41) is 4.64. The predicted octanol–water partition coefficient (Wildman–Crippen LogP) is 5.48. The molecule has 35 heavy (non-hydrogen) atoms. The van der Waals surface area contributed by atoms with Gasteiger partial charge in [-0.1, -0.05) is 67.1 Å². The molecule has 4 heterocycles. The van der Waals surface area contributed by atoms with Gasteiger partial charge in [0, 0.05) is 29.2 Å². The summed E-state index contributed by atoms with van der Waals surface area (Å²) in [5.74, 6) is 0.0384. The maximum absolute atomic E-state index is 13.1. The molecule has 6 nitrogen and oxygen atoms in total. The molecule has 2 aliphatic heterocycles. The Bertz CT molecular complexity index is 1320. The summed E-state index contributed by atoms with van der Waals surface area (Å²) < 4.78 is 7.59. The highest BCUT2D eigenvalue weighted by molar-refractivity contribution is 5.89. The molecule has 0 N–H and O–H groups in total. The topological polar surface area (TPSA) is 59.7 Å². The highest BCUT2D eigenvalue weighted by Gasteiger charge is 2.33. The van der Waals surface area contributed by atoms with Crippen molar-refractivity contribution in [3.63, 3.8) is 0 Å². The Labute approximate surface area is 205 Å². The van der Waals surface area contributed by atoms with E-state index in [4.69, 9.17) is 9.72 Å². The van der Waals surface area contributed by atoms with Crippen LogP contribution in [0.5, 0.6) is 0 Å². The van der Waals surface area contributed by atoms with Gasteiger partial charge in [-0.2, -0.15) is 5.10 Å². The van der Waals surface area contributed by atoms with Crippen LogP contribution in [0.4, 0.5) is 0 Å². The van der Waals surface area contributed by atoms with Gasteiger partial charge in [-0.05, 0) is 44.8 Å². The van der Waals surface area contributed by atoms with Crippen LogP contribution in [0.15, 0.2) is 72.8 Å². The molecule has 0 unspecified atom stereocenters. The number of fused-ring (bicyclic) bond motifs is 2. The summed E-state index contributed by atoms with van der Waals surface area (Å²) >= 11 is 0. The summed E-state index contributed by atoms with van der Waals surface area (Å²) in [6.45, 7) is 2.82. The van der Waals surface area contributed by atoms with E-state index in [2.05, 4.69) is 10.00 Å². The van der Waals surface area contributed by atoms with E-state index in [1.165, 1.54) is 38.8 Å². The third-order valence-corrected chi connectivity index (χ3v) is 7.43. The van der Waals surface area contributed by atoms with E-state index in [9.17, 15) is 4.79 Å². The van der Waals surface area contributed by atoms with Crippen LogP contribution in [0.2, 0.25) is 0 Å². The lowest BCUT2D eigenvalue weighted by Gasteiger charge is -2.44.